The van der Waals surface area contributed by atoms with E-state index in [2.05, 4.69) is 4.98 Å². The standard InChI is InChI=1S/C12H18N2O5S2.2H2S/c1-4-5-10-13-9(7-20-10)12(2)8(6-19-3)11(15)14(12)21(16,17)18;;/h7-8H,4-6H2,1-3H3,(H,16,17,18);2*1H2/t8?,12-;;/m0../s1. The zero-order valence-corrected chi connectivity index (χ0v) is 16.7. The van der Waals surface area contributed by atoms with Crippen LogP contribution in [0.25, 0.3) is 0 Å². The second-order valence-electron chi connectivity index (χ2n) is 5.11. The molecule has 2 rings (SSSR count). The van der Waals surface area contributed by atoms with Crippen LogP contribution in [0, 0.1) is 5.92 Å². The first-order valence-corrected chi connectivity index (χ1v) is 8.80. The molecule has 1 saturated heterocycles. The number of hydrogen-bond acceptors (Lipinski definition) is 6. The van der Waals surface area contributed by atoms with Crippen LogP contribution in [-0.2, 0) is 31.8 Å². The van der Waals surface area contributed by atoms with Crippen LogP contribution >= 0.6 is 38.3 Å². The highest BCUT2D eigenvalue weighted by Gasteiger charge is 2.64. The van der Waals surface area contributed by atoms with E-state index in [1.165, 1.54) is 18.4 Å². The van der Waals surface area contributed by atoms with Crippen LogP contribution in [0.15, 0.2) is 5.38 Å². The van der Waals surface area contributed by atoms with Gasteiger partial charge in [0, 0.05) is 12.5 Å². The second kappa shape index (κ2) is 8.17. The summed E-state index contributed by atoms with van der Waals surface area (Å²) in [6.07, 6.45) is 1.71. The normalized spacial score (nSPS) is 23.7. The zero-order chi connectivity index (χ0) is 15.8. The minimum atomic E-state index is -4.63. The summed E-state index contributed by atoms with van der Waals surface area (Å²) in [5, 5.41) is 2.61. The summed E-state index contributed by atoms with van der Waals surface area (Å²) in [6.45, 7) is 3.67. The fourth-order valence-electron chi connectivity index (χ4n) is 2.59. The van der Waals surface area contributed by atoms with Gasteiger partial charge in [0.05, 0.1) is 23.2 Å². The highest BCUT2D eigenvalue weighted by molar-refractivity contribution is 7.84. The molecule has 1 N–H and O–H groups in total. The smallest absolute Gasteiger partial charge is 0.363 e. The minimum absolute atomic E-state index is 0. The monoisotopic (exact) mass is 402 g/mol. The fraction of sp³-hybridized carbons (Fsp3) is 0.667. The van der Waals surface area contributed by atoms with Gasteiger partial charge in [0.15, 0.2) is 0 Å². The van der Waals surface area contributed by atoms with Crippen molar-refractivity contribution in [1.82, 2.24) is 9.29 Å². The van der Waals surface area contributed by atoms with E-state index in [4.69, 9.17) is 4.74 Å². The molecule has 1 aromatic rings. The van der Waals surface area contributed by atoms with E-state index in [0.29, 0.717) is 10.00 Å². The number of thiazole rings is 1. The van der Waals surface area contributed by atoms with Crippen molar-refractivity contribution in [3.8, 4) is 0 Å². The lowest BCUT2D eigenvalue weighted by Crippen LogP contribution is -2.69. The summed E-state index contributed by atoms with van der Waals surface area (Å²) in [5.74, 6) is -1.35. The number of carbonyl (C=O) groups excluding carboxylic acids is 1. The molecule has 0 spiro atoms. The molecule has 2 atom stereocenters. The van der Waals surface area contributed by atoms with Gasteiger partial charge in [0.25, 0.3) is 0 Å². The van der Waals surface area contributed by atoms with Crippen molar-refractivity contribution >= 4 is 54.5 Å². The van der Waals surface area contributed by atoms with E-state index in [9.17, 15) is 17.8 Å². The Bertz CT molecular complexity index is 648. The van der Waals surface area contributed by atoms with Crippen molar-refractivity contribution in [2.45, 2.75) is 32.2 Å². The maximum absolute atomic E-state index is 12.0. The number of hydrogen-bond donors (Lipinski definition) is 1. The summed E-state index contributed by atoms with van der Waals surface area (Å²) < 4.78 is 37.8. The number of aryl methyl sites for hydroxylation is 1. The van der Waals surface area contributed by atoms with Gasteiger partial charge in [-0.1, -0.05) is 6.92 Å². The van der Waals surface area contributed by atoms with Crippen molar-refractivity contribution in [3.63, 3.8) is 0 Å². The highest BCUT2D eigenvalue weighted by atomic mass is 32.2. The molecule has 0 aromatic carbocycles. The molecule has 1 unspecified atom stereocenters. The van der Waals surface area contributed by atoms with E-state index < -0.39 is 27.7 Å². The largest absolute Gasteiger partial charge is 0.384 e. The maximum Gasteiger partial charge on any atom is 0.363 e. The van der Waals surface area contributed by atoms with Gasteiger partial charge < -0.3 is 4.74 Å². The Balaban J connectivity index is 0.00000242. The number of methoxy groups -OCH3 is 1. The third-order valence-electron chi connectivity index (χ3n) is 3.70. The van der Waals surface area contributed by atoms with Crippen molar-refractivity contribution < 1.29 is 22.5 Å². The van der Waals surface area contributed by atoms with Gasteiger partial charge in [-0.15, -0.1) is 11.3 Å². The van der Waals surface area contributed by atoms with Crippen molar-refractivity contribution in [3.05, 3.63) is 16.1 Å². The lowest BCUT2D eigenvalue weighted by molar-refractivity contribution is -0.162. The Morgan fingerprint density at radius 1 is 1.48 bits per heavy atom. The summed E-state index contributed by atoms with van der Waals surface area (Å²) in [7, 11) is -3.19. The topological polar surface area (TPSA) is 96.8 Å². The average molecular weight is 403 g/mol. The number of β-lactam (4-membered cyclic amide) rings is 1. The van der Waals surface area contributed by atoms with Crippen LogP contribution in [0.4, 0.5) is 0 Å². The highest BCUT2D eigenvalue weighted by Crippen LogP contribution is 2.47. The molecule has 7 nitrogen and oxygen atoms in total. The van der Waals surface area contributed by atoms with Crippen molar-refractivity contribution in [1.29, 1.82) is 0 Å². The van der Waals surface area contributed by atoms with Crippen LogP contribution < -0.4 is 0 Å². The molecule has 0 saturated carbocycles. The second-order valence-corrected chi connectivity index (χ2v) is 7.32. The molecule has 1 aromatic heterocycles. The molecule has 23 heavy (non-hydrogen) atoms. The Labute approximate surface area is 154 Å². The molecular weight excluding hydrogens is 380 g/mol. The van der Waals surface area contributed by atoms with Gasteiger partial charge in [-0.3, -0.25) is 9.35 Å². The third-order valence-corrected chi connectivity index (χ3v) is 5.63. The van der Waals surface area contributed by atoms with Gasteiger partial charge in [0.2, 0.25) is 5.91 Å². The number of aromatic nitrogens is 1. The summed E-state index contributed by atoms with van der Waals surface area (Å²) in [6, 6.07) is 0. The van der Waals surface area contributed by atoms with E-state index in [1.54, 1.807) is 12.3 Å². The number of amides is 1. The van der Waals surface area contributed by atoms with Crippen LogP contribution in [0.5, 0.6) is 0 Å². The molecular formula is C12H22N2O5S4. The predicted molar refractivity (Wildman–Crippen MR) is 98.0 cm³/mol. The minimum Gasteiger partial charge on any atom is -0.384 e. The summed E-state index contributed by atoms with van der Waals surface area (Å²) in [5.41, 5.74) is -0.737. The number of rotatable bonds is 6. The van der Waals surface area contributed by atoms with Crippen LogP contribution in [0.1, 0.15) is 31.0 Å². The fourth-order valence-corrected chi connectivity index (χ4v) is 4.66. The Morgan fingerprint density at radius 2 is 2.09 bits per heavy atom. The number of ether oxygens (including phenoxy) is 1. The lowest BCUT2D eigenvalue weighted by Gasteiger charge is -2.51. The van der Waals surface area contributed by atoms with E-state index in [-0.39, 0.29) is 33.6 Å². The molecule has 1 amide bonds. The van der Waals surface area contributed by atoms with Gasteiger partial charge in [-0.25, -0.2) is 9.29 Å². The molecule has 11 heteroatoms. The lowest BCUT2D eigenvalue weighted by atomic mass is 9.75. The average Bonchev–Trinajstić information content (AvgIpc) is 2.83. The van der Waals surface area contributed by atoms with E-state index >= 15 is 0 Å². The molecule has 2 heterocycles. The summed E-state index contributed by atoms with van der Waals surface area (Å²) >= 11 is 1.42. The molecule has 0 radical (unpaired) electrons. The van der Waals surface area contributed by atoms with Crippen molar-refractivity contribution in [2.75, 3.05) is 13.7 Å². The number of carbonyl (C=O) groups is 1. The van der Waals surface area contributed by atoms with Gasteiger partial charge in [-0.05, 0) is 19.8 Å². The van der Waals surface area contributed by atoms with Gasteiger partial charge in [0.1, 0.15) is 5.54 Å². The zero-order valence-electron chi connectivity index (χ0n) is 13.1. The molecule has 1 aliphatic rings. The first kappa shape index (κ1) is 22.7. The first-order valence-electron chi connectivity index (χ1n) is 6.52. The van der Waals surface area contributed by atoms with Crippen molar-refractivity contribution in [2.24, 2.45) is 5.92 Å². The Hall–Kier alpha value is -0.330. The van der Waals surface area contributed by atoms with Crippen LogP contribution in [0.3, 0.4) is 0 Å². The van der Waals surface area contributed by atoms with E-state index in [1.807, 2.05) is 6.92 Å². The van der Waals surface area contributed by atoms with Crippen LogP contribution in [-0.4, -0.2) is 41.9 Å². The molecule has 134 valence electrons. The Morgan fingerprint density at radius 3 is 2.57 bits per heavy atom. The van der Waals surface area contributed by atoms with Crippen LogP contribution in [0.2, 0.25) is 0 Å². The van der Waals surface area contributed by atoms with Gasteiger partial charge >= 0.3 is 10.3 Å². The van der Waals surface area contributed by atoms with Gasteiger partial charge in [-0.2, -0.15) is 35.4 Å². The SMILES string of the molecule is CCCc1nc([C@]2(C)C(COC)C(=O)N2S(=O)(=O)O)cs1.S.S. The Kier molecular flexibility index (Phi) is 8.05. The predicted octanol–water partition coefficient (Wildman–Crippen LogP) is 1.44. The first-order chi connectivity index (χ1) is 9.76. The third kappa shape index (κ3) is 3.85. The molecule has 0 aliphatic carbocycles. The molecule has 1 fully saturated rings. The quantitative estimate of drug-likeness (QED) is 0.571. The molecule has 0 bridgehead atoms. The summed E-state index contributed by atoms with van der Waals surface area (Å²) in [4.78, 5) is 16.4. The van der Waals surface area contributed by atoms with E-state index in [0.717, 1.165) is 17.8 Å². The molecule has 1 aliphatic heterocycles. The maximum atomic E-state index is 12.0. The number of nitrogens with zero attached hydrogens (tertiary/aromatic N) is 2.